The molecule has 1 rings (SSSR count). The molecule has 0 spiro atoms. The predicted molar refractivity (Wildman–Crippen MR) is 53.0 cm³/mol. The summed E-state index contributed by atoms with van der Waals surface area (Å²) in [5.41, 5.74) is 1.23. The summed E-state index contributed by atoms with van der Waals surface area (Å²) >= 11 is 0. The summed E-state index contributed by atoms with van der Waals surface area (Å²) < 4.78 is 18.4. The van der Waals surface area contributed by atoms with Crippen LogP contribution in [-0.2, 0) is 6.61 Å². The van der Waals surface area contributed by atoms with Crippen LogP contribution in [0.15, 0.2) is 12.1 Å². The Morgan fingerprint density at radius 3 is 2.50 bits per heavy atom. The van der Waals surface area contributed by atoms with Crippen LogP contribution >= 0.6 is 0 Å². The predicted octanol–water partition coefficient (Wildman–Crippen LogP) is 2.45. The van der Waals surface area contributed by atoms with Crippen molar-refractivity contribution in [1.29, 1.82) is 0 Å². The zero-order chi connectivity index (χ0) is 10.7. The second kappa shape index (κ2) is 4.42. The fourth-order valence-corrected chi connectivity index (χ4v) is 1.37. The van der Waals surface area contributed by atoms with Gasteiger partial charge in [-0.05, 0) is 17.5 Å². The number of aliphatic hydroxyl groups excluding tert-OH is 1. The molecular formula is C11H15FO2. The Balaban J connectivity index is 3.23. The Kier molecular flexibility index (Phi) is 3.47. The lowest BCUT2D eigenvalue weighted by molar-refractivity contribution is 0.273. The molecule has 0 fully saturated rings. The fraction of sp³-hybridized carbons (Fsp3) is 0.455. The van der Waals surface area contributed by atoms with Crippen molar-refractivity contribution in [2.75, 3.05) is 7.11 Å². The number of halogens is 1. The average Bonchev–Trinajstić information content (AvgIpc) is 2.16. The largest absolute Gasteiger partial charge is 0.496 e. The van der Waals surface area contributed by atoms with E-state index in [1.165, 1.54) is 13.2 Å². The Morgan fingerprint density at radius 2 is 2.07 bits per heavy atom. The average molecular weight is 198 g/mol. The van der Waals surface area contributed by atoms with Gasteiger partial charge in [0.25, 0.3) is 0 Å². The zero-order valence-corrected chi connectivity index (χ0v) is 8.67. The van der Waals surface area contributed by atoms with E-state index in [1.54, 1.807) is 6.07 Å². The fourth-order valence-electron chi connectivity index (χ4n) is 1.37. The highest BCUT2D eigenvalue weighted by atomic mass is 19.1. The van der Waals surface area contributed by atoms with Gasteiger partial charge in [0.2, 0.25) is 0 Å². The van der Waals surface area contributed by atoms with Gasteiger partial charge in [-0.15, -0.1) is 0 Å². The van der Waals surface area contributed by atoms with Gasteiger partial charge in [-0.2, -0.15) is 0 Å². The maximum Gasteiger partial charge on any atom is 0.130 e. The summed E-state index contributed by atoms with van der Waals surface area (Å²) in [6.07, 6.45) is 0. The van der Waals surface area contributed by atoms with E-state index in [4.69, 9.17) is 9.84 Å². The summed E-state index contributed by atoms with van der Waals surface area (Å²) in [4.78, 5) is 0. The Labute approximate surface area is 83.3 Å². The van der Waals surface area contributed by atoms with E-state index in [0.717, 1.165) is 0 Å². The van der Waals surface area contributed by atoms with Crippen LogP contribution < -0.4 is 4.74 Å². The molecule has 0 aliphatic carbocycles. The van der Waals surface area contributed by atoms with Crippen LogP contribution in [0, 0.1) is 5.82 Å². The number of aliphatic hydroxyl groups is 1. The van der Waals surface area contributed by atoms with E-state index < -0.39 is 0 Å². The third kappa shape index (κ3) is 2.04. The molecule has 0 aliphatic heterocycles. The number of rotatable bonds is 3. The molecule has 3 heteroatoms. The van der Waals surface area contributed by atoms with Gasteiger partial charge in [0.1, 0.15) is 11.6 Å². The molecule has 1 aromatic rings. The highest BCUT2D eigenvalue weighted by Gasteiger charge is 2.11. The molecule has 0 atom stereocenters. The summed E-state index contributed by atoms with van der Waals surface area (Å²) in [6, 6.07) is 2.97. The summed E-state index contributed by atoms with van der Waals surface area (Å²) in [5, 5.41) is 9.04. The monoisotopic (exact) mass is 198 g/mol. The lowest BCUT2D eigenvalue weighted by Crippen LogP contribution is -1.99. The first-order chi connectivity index (χ1) is 6.60. The van der Waals surface area contributed by atoms with Crippen LogP contribution in [0.1, 0.15) is 30.9 Å². The van der Waals surface area contributed by atoms with Crippen molar-refractivity contribution < 1.29 is 14.2 Å². The molecular weight excluding hydrogens is 183 g/mol. The van der Waals surface area contributed by atoms with E-state index in [9.17, 15) is 4.39 Å². The third-order valence-corrected chi connectivity index (χ3v) is 2.19. The molecule has 0 heterocycles. The quantitative estimate of drug-likeness (QED) is 0.808. The first kappa shape index (κ1) is 11.0. The van der Waals surface area contributed by atoms with Crippen molar-refractivity contribution in [3.63, 3.8) is 0 Å². The lowest BCUT2D eigenvalue weighted by Gasteiger charge is -2.12. The van der Waals surface area contributed by atoms with Crippen LogP contribution in [0.25, 0.3) is 0 Å². The molecule has 0 radical (unpaired) electrons. The number of methoxy groups -OCH3 is 1. The maximum atomic E-state index is 13.4. The van der Waals surface area contributed by atoms with Gasteiger partial charge in [0.15, 0.2) is 0 Å². The molecule has 0 aromatic heterocycles. The molecule has 0 saturated carbocycles. The van der Waals surface area contributed by atoms with Crippen LogP contribution in [0.4, 0.5) is 4.39 Å². The van der Waals surface area contributed by atoms with E-state index >= 15 is 0 Å². The van der Waals surface area contributed by atoms with Gasteiger partial charge in [-0.25, -0.2) is 4.39 Å². The Morgan fingerprint density at radius 1 is 1.43 bits per heavy atom. The minimum Gasteiger partial charge on any atom is -0.496 e. The summed E-state index contributed by atoms with van der Waals surface area (Å²) in [7, 11) is 1.46. The van der Waals surface area contributed by atoms with Crippen molar-refractivity contribution in [3.8, 4) is 5.75 Å². The van der Waals surface area contributed by atoms with Crippen molar-refractivity contribution in [1.82, 2.24) is 0 Å². The van der Waals surface area contributed by atoms with Gasteiger partial charge in [-0.3, -0.25) is 0 Å². The highest BCUT2D eigenvalue weighted by Crippen LogP contribution is 2.27. The van der Waals surface area contributed by atoms with Crippen LogP contribution in [-0.4, -0.2) is 12.2 Å². The van der Waals surface area contributed by atoms with Gasteiger partial charge < -0.3 is 9.84 Å². The molecule has 0 bridgehead atoms. The van der Waals surface area contributed by atoms with Crippen molar-refractivity contribution in [2.24, 2.45) is 0 Å². The Bertz CT molecular complexity index is 321. The SMILES string of the molecule is COc1cc(F)c(C(C)C)cc1CO. The van der Waals surface area contributed by atoms with E-state index in [0.29, 0.717) is 16.9 Å². The smallest absolute Gasteiger partial charge is 0.130 e. The van der Waals surface area contributed by atoms with Crippen molar-refractivity contribution >= 4 is 0 Å². The van der Waals surface area contributed by atoms with Gasteiger partial charge >= 0.3 is 0 Å². The summed E-state index contributed by atoms with van der Waals surface area (Å²) in [6.45, 7) is 3.68. The standard InChI is InChI=1S/C11H15FO2/c1-7(2)9-4-8(6-13)11(14-3)5-10(9)12/h4-5,7,13H,6H2,1-3H3. The van der Waals surface area contributed by atoms with Crippen molar-refractivity contribution in [3.05, 3.63) is 29.1 Å². The molecule has 1 aromatic carbocycles. The lowest BCUT2D eigenvalue weighted by atomic mass is 10.00. The maximum absolute atomic E-state index is 13.4. The second-order valence-electron chi connectivity index (χ2n) is 3.50. The molecule has 1 N–H and O–H groups in total. The first-order valence-electron chi connectivity index (χ1n) is 4.57. The van der Waals surface area contributed by atoms with Crippen molar-refractivity contribution in [2.45, 2.75) is 26.4 Å². The third-order valence-electron chi connectivity index (χ3n) is 2.19. The number of benzene rings is 1. The van der Waals surface area contributed by atoms with Gasteiger partial charge in [0, 0.05) is 11.6 Å². The highest BCUT2D eigenvalue weighted by molar-refractivity contribution is 5.39. The molecule has 0 unspecified atom stereocenters. The Hall–Kier alpha value is -1.09. The molecule has 2 nitrogen and oxygen atoms in total. The number of ether oxygens (including phenoxy) is 1. The van der Waals surface area contributed by atoms with Gasteiger partial charge in [0.05, 0.1) is 13.7 Å². The van der Waals surface area contributed by atoms with Gasteiger partial charge in [-0.1, -0.05) is 13.8 Å². The molecule has 0 saturated heterocycles. The minimum absolute atomic E-state index is 0.103. The van der Waals surface area contributed by atoms with Crippen LogP contribution in [0.3, 0.4) is 0 Å². The minimum atomic E-state index is -0.283. The number of hydrogen-bond donors (Lipinski definition) is 1. The molecule has 14 heavy (non-hydrogen) atoms. The summed E-state index contributed by atoms with van der Waals surface area (Å²) in [5.74, 6) is 0.217. The molecule has 0 amide bonds. The zero-order valence-electron chi connectivity index (χ0n) is 8.67. The van der Waals surface area contributed by atoms with E-state index in [2.05, 4.69) is 0 Å². The van der Waals surface area contributed by atoms with Crippen LogP contribution in [0.2, 0.25) is 0 Å². The number of hydrogen-bond acceptors (Lipinski definition) is 2. The van der Waals surface area contributed by atoms with E-state index in [-0.39, 0.29) is 18.3 Å². The normalized spacial score (nSPS) is 10.7. The second-order valence-corrected chi connectivity index (χ2v) is 3.50. The molecule has 78 valence electrons. The first-order valence-corrected chi connectivity index (χ1v) is 4.57. The molecule has 0 aliphatic rings. The topological polar surface area (TPSA) is 29.5 Å². The van der Waals surface area contributed by atoms with Crippen LogP contribution in [0.5, 0.6) is 5.75 Å². The van der Waals surface area contributed by atoms with E-state index in [1.807, 2.05) is 13.8 Å².